The van der Waals surface area contributed by atoms with E-state index in [1.54, 1.807) is 12.4 Å². The fourth-order valence-electron chi connectivity index (χ4n) is 2.15. The molecule has 0 radical (unpaired) electrons. The summed E-state index contributed by atoms with van der Waals surface area (Å²) in [5, 5.41) is 2.93. The Balaban J connectivity index is 2.22. The van der Waals surface area contributed by atoms with E-state index in [1.165, 1.54) is 0 Å². The van der Waals surface area contributed by atoms with Crippen LogP contribution in [0.25, 0.3) is 11.1 Å². The van der Waals surface area contributed by atoms with Gasteiger partial charge in [-0.05, 0) is 48.2 Å². The van der Waals surface area contributed by atoms with Crippen molar-refractivity contribution in [1.82, 2.24) is 4.98 Å². The molecule has 2 aromatic rings. The summed E-state index contributed by atoms with van der Waals surface area (Å²) >= 11 is 0. The fraction of sp³-hybridized carbons (Fsp3) is 0.294. The van der Waals surface area contributed by atoms with Gasteiger partial charge in [-0.2, -0.15) is 0 Å². The second kappa shape index (κ2) is 6.99. The SMILES string of the molecule is CCCC(N)C(=O)Nc1cc(-c2ccncc2)ccc1C. The Morgan fingerprint density at radius 1 is 1.24 bits per heavy atom. The Kier molecular flexibility index (Phi) is 5.06. The number of hydrogen-bond acceptors (Lipinski definition) is 3. The molecule has 2 rings (SSSR count). The number of carbonyl (C=O) groups excluding carboxylic acids is 1. The summed E-state index contributed by atoms with van der Waals surface area (Å²) in [7, 11) is 0. The van der Waals surface area contributed by atoms with Crippen LogP contribution >= 0.6 is 0 Å². The number of nitrogens with two attached hydrogens (primary N) is 1. The van der Waals surface area contributed by atoms with E-state index in [0.29, 0.717) is 6.42 Å². The highest BCUT2D eigenvalue weighted by atomic mass is 16.2. The fourth-order valence-corrected chi connectivity index (χ4v) is 2.15. The van der Waals surface area contributed by atoms with E-state index in [1.807, 2.05) is 44.2 Å². The minimum atomic E-state index is -0.459. The van der Waals surface area contributed by atoms with E-state index in [4.69, 9.17) is 5.73 Å². The molecule has 3 N–H and O–H groups in total. The minimum absolute atomic E-state index is 0.133. The molecule has 0 spiro atoms. The van der Waals surface area contributed by atoms with E-state index in [9.17, 15) is 4.79 Å². The number of aromatic nitrogens is 1. The summed E-state index contributed by atoms with van der Waals surface area (Å²) in [5.74, 6) is -0.133. The van der Waals surface area contributed by atoms with Gasteiger partial charge in [0.1, 0.15) is 0 Å². The van der Waals surface area contributed by atoms with Crippen LogP contribution in [0.1, 0.15) is 25.3 Å². The van der Waals surface area contributed by atoms with Gasteiger partial charge in [0.25, 0.3) is 0 Å². The molecule has 0 saturated heterocycles. The monoisotopic (exact) mass is 283 g/mol. The van der Waals surface area contributed by atoms with Gasteiger partial charge in [0.05, 0.1) is 6.04 Å². The predicted octanol–water partition coefficient (Wildman–Crippen LogP) is 3.12. The smallest absolute Gasteiger partial charge is 0.241 e. The van der Waals surface area contributed by atoms with Crippen molar-refractivity contribution in [1.29, 1.82) is 0 Å². The Morgan fingerprint density at radius 3 is 2.62 bits per heavy atom. The molecule has 1 heterocycles. The molecule has 0 aliphatic carbocycles. The summed E-state index contributed by atoms with van der Waals surface area (Å²) in [6.07, 6.45) is 5.09. The van der Waals surface area contributed by atoms with Crippen molar-refractivity contribution < 1.29 is 4.79 Å². The van der Waals surface area contributed by atoms with E-state index in [0.717, 1.165) is 28.8 Å². The van der Waals surface area contributed by atoms with Crippen LogP contribution < -0.4 is 11.1 Å². The summed E-state index contributed by atoms with van der Waals surface area (Å²) < 4.78 is 0. The normalized spacial score (nSPS) is 12.0. The van der Waals surface area contributed by atoms with Gasteiger partial charge in [0.15, 0.2) is 0 Å². The Morgan fingerprint density at radius 2 is 1.95 bits per heavy atom. The highest BCUT2D eigenvalue weighted by Gasteiger charge is 2.13. The molecule has 4 heteroatoms. The maximum atomic E-state index is 12.1. The van der Waals surface area contributed by atoms with Crippen LogP contribution in [0.2, 0.25) is 0 Å². The van der Waals surface area contributed by atoms with Crippen LogP contribution in [0, 0.1) is 6.92 Å². The first-order valence-electron chi connectivity index (χ1n) is 7.19. The van der Waals surface area contributed by atoms with Crippen molar-refractivity contribution in [2.75, 3.05) is 5.32 Å². The topological polar surface area (TPSA) is 68.0 Å². The zero-order valence-electron chi connectivity index (χ0n) is 12.5. The number of benzene rings is 1. The molecule has 0 aliphatic rings. The van der Waals surface area contributed by atoms with Gasteiger partial charge < -0.3 is 11.1 Å². The number of rotatable bonds is 5. The largest absolute Gasteiger partial charge is 0.324 e. The van der Waals surface area contributed by atoms with Crippen molar-refractivity contribution >= 4 is 11.6 Å². The number of aryl methyl sites for hydroxylation is 1. The first-order chi connectivity index (χ1) is 10.1. The molecule has 0 saturated carbocycles. The summed E-state index contributed by atoms with van der Waals surface area (Å²) in [6, 6.07) is 9.43. The molecule has 1 aromatic carbocycles. The molecule has 110 valence electrons. The van der Waals surface area contributed by atoms with Gasteiger partial charge >= 0.3 is 0 Å². The number of anilines is 1. The lowest BCUT2D eigenvalue weighted by Crippen LogP contribution is -2.35. The van der Waals surface area contributed by atoms with Crippen LogP contribution in [-0.2, 0) is 4.79 Å². The lowest BCUT2D eigenvalue weighted by molar-refractivity contribution is -0.117. The molecular weight excluding hydrogens is 262 g/mol. The lowest BCUT2D eigenvalue weighted by Gasteiger charge is -2.14. The molecule has 1 atom stereocenters. The highest BCUT2D eigenvalue weighted by molar-refractivity contribution is 5.95. The average Bonchev–Trinajstić information content (AvgIpc) is 2.50. The average molecular weight is 283 g/mol. The first kappa shape index (κ1) is 15.2. The number of nitrogens with one attached hydrogen (secondary N) is 1. The van der Waals surface area contributed by atoms with Gasteiger partial charge in [-0.15, -0.1) is 0 Å². The van der Waals surface area contributed by atoms with Crippen LogP contribution in [0.4, 0.5) is 5.69 Å². The van der Waals surface area contributed by atoms with E-state index in [-0.39, 0.29) is 5.91 Å². The number of amides is 1. The molecule has 0 bridgehead atoms. The quantitative estimate of drug-likeness (QED) is 0.886. The standard InChI is InChI=1S/C17H21N3O/c1-3-4-15(18)17(21)20-16-11-14(6-5-12(16)2)13-7-9-19-10-8-13/h5-11,15H,3-4,18H2,1-2H3,(H,20,21). The predicted molar refractivity (Wildman–Crippen MR) is 85.9 cm³/mol. The summed E-state index contributed by atoms with van der Waals surface area (Å²) in [4.78, 5) is 16.1. The third kappa shape index (κ3) is 3.89. The maximum absolute atomic E-state index is 12.1. The van der Waals surface area contributed by atoms with Gasteiger partial charge in [-0.1, -0.05) is 25.5 Å². The number of pyridine rings is 1. The van der Waals surface area contributed by atoms with E-state index < -0.39 is 6.04 Å². The van der Waals surface area contributed by atoms with Gasteiger partial charge in [-0.3, -0.25) is 9.78 Å². The van der Waals surface area contributed by atoms with E-state index in [2.05, 4.69) is 10.3 Å². The second-order valence-corrected chi connectivity index (χ2v) is 5.15. The zero-order chi connectivity index (χ0) is 15.2. The second-order valence-electron chi connectivity index (χ2n) is 5.15. The third-order valence-corrected chi connectivity index (χ3v) is 3.45. The Bertz CT molecular complexity index is 611. The van der Waals surface area contributed by atoms with Crippen molar-refractivity contribution in [2.24, 2.45) is 5.73 Å². The minimum Gasteiger partial charge on any atom is -0.324 e. The number of carbonyl (C=O) groups is 1. The van der Waals surface area contributed by atoms with Crippen LogP contribution in [-0.4, -0.2) is 16.9 Å². The molecule has 21 heavy (non-hydrogen) atoms. The van der Waals surface area contributed by atoms with Crippen molar-refractivity contribution in [3.05, 3.63) is 48.3 Å². The number of nitrogens with zero attached hydrogens (tertiary/aromatic N) is 1. The zero-order valence-corrected chi connectivity index (χ0v) is 12.5. The lowest BCUT2D eigenvalue weighted by atomic mass is 10.0. The molecular formula is C17H21N3O. The van der Waals surface area contributed by atoms with Gasteiger partial charge in [-0.25, -0.2) is 0 Å². The van der Waals surface area contributed by atoms with Gasteiger partial charge in [0.2, 0.25) is 5.91 Å². The maximum Gasteiger partial charge on any atom is 0.241 e. The third-order valence-electron chi connectivity index (χ3n) is 3.45. The highest BCUT2D eigenvalue weighted by Crippen LogP contribution is 2.25. The number of hydrogen-bond donors (Lipinski definition) is 2. The molecule has 4 nitrogen and oxygen atoms in total. The van der Waals surface area contributed by atoms with Crippen LogP contribution in [0.5, 0.6) is 0 Å². The molecule has 1 amide bonds. The van der Waals surface area contributed by atoms with Crippen LogP contribution in [0.3, 0.4) is 0 Å². The van der Waals surface area contributed by atoms with Gasteiger partial charge in [0, 0.05) is 18.1 Å². The molecule has 1 aromatic heterocycles. The van der Waals surface area contributed by atoms with Crippen molar-refractivity contribution in [3.8, 4) is 11.1 Å². The summed E-state index contributed by atoms with van der Waals surface area (Å²) in [6.45, 7) is 3.99. The Labute approximate surface area is 125 Å². The molecule has 1 unspecified atom stereocenters. The molecule has 0 fully saturated rings. The van der Waals surface area contributed by atoms with E-state index >= 15 is 0 Å². The first-order valence-corrected chi connectivity index (χ1v) is 7.19. The van der Waals surface area contributed by atoms with Crippen LogP contribution in [0.15, 0.2) is 42.7 Å². The molecule has 0 aliphatic heterocycles. The summed E-state index contributed by atoms with van der Waals surface area (Å²) in [5.41, 5.74) is 9.79. The Hall–Kier alpha value is -2.20. The van der Waals surface area contributed by atoms with Crippen molar-refractivity contribution in [3.63, 3.8) is 0 Å². The van der Waals surface area contributed by atoms with Crippen molar-refractivity contribution in [2.45, 2.75) is 32.7 Å².